The van der Waals surface area contributed by atoms with E-state index in [-0.39, 0.29) is 0 Å². The highest BCUT2D eigenvalue weighted by Crippen LogP contribution is 2.57. The second-order valence-electron chi connectivity index (χ2n) is 16.3. The van der Waals surface area contributed by atoms with Crippen LogP contribution in [0.15, 0.2) is 237 Å². The maximum Gasteiger partial charge on any atom is 0.0714 e. The summed E-state index contributed by atoms with van der Waals surface area (Å²) >= 11 is 0. The lowest BCUT2D eigenvalue weighted by Crippen LogP contribution is -2.29. The number of nitrogens with zero attached hydrogens (tertiary/aromatic N) is 1. The molecule has 0 saturated heterocycles. The van der Waals surface area contributed by atoms with E-state index < -0.39 is 5.41 Å². The molecule has 294 valence electrons. The molecule has 9 aromatic carbocycles. The summed E-state index contributed by atoms with van der Waals surface area (Å²) in [6.45, 7) is 8.52. The molecule has 0 bridgehead atoms. The lowest BCUT2D eigenvalue weighted by molar-refractivity contribution is 0.767. The number of benzene rings is 9. The minimum atomic E-state index is -0.690. The summed E-state index contributed by atoms with van der Waals surface area (Å²) in [6, 6.07) is 70.4. The smallest absolute Gasteiger partial charge is 0.0714 e. The van der Waals surface area contributed by atoms with E-state index in [1.54, 1.807) is 0 Å². The van der Waals surface area contributed by atoms with Crippen LogP contribution in [-0.4, -0.2) is 0 Å². The van der Waals surface area contributed by atoms with Crippen molar-refractivity contribution in [1.29, 1.82) is 0 Å². The van der Waals surface area contributed by atoms with Gasteiger partial charge in [0.2, 0.25) is 0 Å². The number of hydrogen-bond acceptors (Lipinski definition) is 1. The van der Waals surface area contributed by atoms with Crippen LogP contribution in [0.1, 0.15) is 36.5 Å². The third kappa shape index (κ3) is 5.92. The molecule has 0 heterocycles. The lowest BCUT2D eigenvalue weighted by atomic mass is 9.67. The third-order valence-corrected chi connectivity index (χ3v) is 13.1. The number of hydrogen-bond donors (Lipinski definition) is 0. The average molecular weight is 793 g/mol. The Bertz CT molecular complexity index is 3430. The van der Waals surface area contributed by atoms with E-state index in [9.17, 15) is 1.37 Å². The van der Waals surface area contributed by atoms with E-state index in [2.05, 4.69) is 224 Å². The first-order valence-electron chi connectivity index (χ1n) is 22.0. The van der Waals surface area contributed by atoms with Crippen LogP contribution in [-0.2, 0) is 5.41 Å². The van der Waals surface area contributed by atoms with Gasteiger partial charge in [0.15, 0.2) is 0 Å². The number of rotatable bonds is 9. The Kier molecular flexibility index (Phi) is 8.96. The number of allylic oxidation sites excluding steroid dienone is 4. The second-order valence-corrected chi connectivity index (χ2v) is 16.3. The average Bonchev–Trinajstić information content (AvgIpc) is 3.63. The van der Waals surface area contributed by atoms with E-state index in [1.165, 1.54) is 54.2 Å². The zero-order valence-electron chi connectivity index (χ0n) is 35.6. The zero-order valence-corrected chi connectivity index (χ0v) is 34.6. The number of anilines is 3. The summed E-state index contributed by atoms with van der Waals surface area (Å²) < 4.78 is 9.90. The second kappa shape index (κ2) is 15.4. The Labute approximate surface area is 365 Å². The molecule has 9 aromatic rings. The summed E-state index contributed by atoms with van der Waals surface area (Å²) in [4.78, 5) is 2.27. The zero-order chi connectivity index (χ0) is 42.5. The summed E-state index contributed by atoms with van der Waals surface area (Å²) in [7, 11) is 0. The molecule has 0 fully saturated rings. The maximum absolute atomic E-state index is 9.90. The Morgan fingerprint density at radius 1 is 0.548 bits per heavy atom. The molecular formula is C61H45N. The molecule has 0 aromatic heterocycles. The molecule has 0 amide bonds. The number of fused-ring (bicyclic) bond motifs is 7. The van der Waals surface area contributed by atoms with Crippen molar-refractivity contribution in [1.82, 2.24) is 0 Å². The minimum Gasteiger partial charge on any atom is -0.310 e. The van der Waals surface area contributed by atoms with Gasteiger partial charge >= 0.3 is 0 Å². The first kappa shape index (κ1) is 36.1. The van der Waals surface area contributed by atoms with Crippen molar-refractivity contribution in [2.75, 3.05) is 4.90 Å². The summed E-state index contributed by atoms with van der Waals surface area (Å²) in [5, 5.41) is 7.56. The lowest BCUT2D eigenvalue weighted by Gasteiger charge is -2.35. The molecule has 1 heteroatoms. The van der Waals surface area contributed by atoms with Gasteiger partial charge < -0.3 is 4.90 Å². The molecule has 1 atom stereocenters. The van der Waals surface area contributed by atoms with Gasteiger partial charge in [-0.3, -0.25) is 0 Å². The SMILES string of the molecule is [2H]c1cc2c(cc1N(c1ccc(C3=c4ccccc4=CCC3)cc1)c1ccc(-c3cc4ccccc4c4ccccc34)cc1)C(/C(C=C)=C/C=C)(c1ccccc1)c1ccccc1-2. The van der Waals surface area contributed by atoms with Crippen LogP contribution in [0.3, 0.4) is 0 Å². The standard InChI is InChI=1S/C61H45N/c1-3-17-46(4-2)61(47-21-6-5-7-22-47)59-29-15-14-27-56(59)57-39-38-50(41-60(57)61)62(48-34-30-43(31-35-48)52-28-16-20-42-18-8-10-23-51(42)52)49-36-32-44(33-37-49)58-40-45-19-9-11-24-53(45)54-25-12-13-26-55(54)58/h3-15,17-27,29-41H,1-2,16,28H2/b46-17+/i38D. The van der Waals surface area contributed by atoms with Gasteiger partial charge in [0.05, 0.1) is 6.79 Å². The fourth-order valence-corrected chi connectivity index (χ4v) is 10.4. The van der Waals surface area contributed by atoms with Gasteiger partial charge in [-0.1, -0.05) is 195 Å². The molecule has 0 aliphatic heterocycles. The van der Waals surface area contributed by atoms with Gasteiger partial charge in [0, 0.05) is 17.1 Å². The van der Waals surface area contributed by atoms with Crippen LogP contribution in [0.25, 0.3) is 55.4 Å². The van der Waals surface area contributed by atoms with E-state index in [0.717, 1.165) is 63.3 Å². The fourth-order valence-electron chi connectivity index (χ4n) is 10.4. The Morgan fingerprint density at radius 2 is 1.19 bits per heavy atom. The van der Waals surface area contributed by atoms with E-state index >= 15 is 0 Å². The Hall–Kier alpha value is -7.74. The van der Waals surface area contributed by atoms with Crippen molar-refractivity contribution in [3.8, 4) is 22.3 Å². The maximum atomic E-state index is 9.90. The molecule has 11 rings (SSSR count). The molecule has 0 N–H and O–H groups in total. The van der Waals surface area contributed by atoms with Crippen LogP contribution < -0.4 is 15.3 Å². The van der Waals surface area contributed by atoms with Gasteiger partial charge in [-0.25, -0.2) is 0 Å². The van der Waals surface area contributed by atoms with Gasteiger partial charge in [-0.05, 0) is 143 Å². The molecule has 1 unspecified atom stereocenters. The van der Waals surface area contributed by atoms with Crippen molar-refractivity contribution < 1.29 is 1.37 Å². The van der Waals surface area contributed by atoms with Gasteiger partial charge in [0.1, 0.15) is 0 Å². The molecule has 0 radical (unpaired) electrons. The van der Waals surface area contributed by atoms with Gasteiger partial charge in [-0.2, -0.15) is 0 Å². The summed E-state index contributed by atoms with van der Waals surface area (Å²) in [5.41, 5.74) is 13.6. The van der Waals surface area contributed by atoms with Crippen molar-refractivity contribution in [2.45, 2.75) is 18.3 Å². The summed E-state index contributed by atoms with van der Waals surface area (Å²) in [6.07, 6.45) is 10.3. The van der Waals surface area contributed by atoms with Crippen molar-refractivity contribution in [2.24, 2.45) is 0 Å². The molecule has 2 aliphatic rings. The largest absolute Gasteiger partial charge is 0.310 e. The van der Waals surface area contributed by atoms with E-state index in [0.29, 0.717) is 6.04 Å². The van der Waals surface area contributed by atoms with Crippen LogP contribution in [0.4, 0.5) is 17.1 Å². The van der Waals surface area contributed by atoms with Crippen molar-refractivity contribution in [3.05, 3.63) is 270 Å². The highest BCUT2D eigenvalue weighted by Gasteiger charge is 2.46. The van der Waals surface area contributed by atoms with E-state index in [1.807, 2.05) is 12.2 Å². The van der Waals surface area contributed by atoms with Crippen molar-refractivity contribution in [3.63, 3.8) is 0 Å². The Morgan fingerprint density at radius 3 is 1.97 bits per heavy atom. The first-order chi connectivity index (χ1) is 31.1. The predicted molar refractivity (Wildman–Crippen MR) is 264 cm³/mol. The van der Waals surface area contributed by atoms with Gasteiger partial charge in [0.25, 0.3) is 0 Å². The Balaban J connectivity index is 1.13. The molecule has 1 nitrogen and oxygen atoms in total. The fraction of sp³-hybridized carbons (Fsp3) is 0.0492. The van der Waals surface area contributed by atoms with Crippen molar-refractivity contribution >= 4 is 50.3 Å². The summed E-state index contributed by atoms with van der Waals surface area (Å²) in [5.74, 6) is 0. The molecular weight excluding hydrogens is 747 g/mol. The molecule has 0 spiro atoms. The van der Waals surface area contributed by atoms with Crippen LogP contribution in [0, 0.1) is 0 Å². The molecule has 62 heavy (non-hydrogen) atoms. The van der Waals surface area contributed by atoms with Gasteiger partial charge in [-0.15, -0.1) is 0 Å². The van der Waals surface area contributed by atoms with E-state index in [4.69, 9.17) is 0 Å². The monoisotopic (exact) mass is 792 g/mol. The quantitative estimate of drug-likeness (QED) is 0.104. The third-order valence-electron chi connectivity index (χ3n) is 13.1. The highest BCUT2D eigenvalue weighted by molar-refractivity contribution is 6.13. The molecule has 0 saturated carbocycles. The minimum absolute atomic E-state index is 0.445. The van der Waals surface area contributed by atoms with Crippen LogP contribution in [0.5, 0.6) is 0 Å². The normalized spacial score (nSPS) is 15.6. The first-order valence-corrected chi connectivity index (χ1v) is 21.5. The topological polar surface area (TPSA) is 3.24 Å². The van der Waals surface area contributed by atoms with Crippen LogP contribution in [0.2, 0.25) is 0 Å². The van der Waals surface area contributed by atoms with Crippen LogP contribution >= 0.6 is 0 Å². The highest BCUT2D eigenvalue weighted by atomic mass is 15.1. The predicted octanol–water partition coefficient (Wildman–Crippen LogP) is 14.5. The molecule has 2 aliphatic carbocycles.